The zero-order valence-electron chi connectivity index (χ0n) is 12.5. The molecule has 2 aliphatic rings. The number of hydrogen-bond donors (Lipinski definition) is 1. The van der Waals surface area contributed by atoms with E-state index in [1.807, 2.05) is 6.92 Å². The first kappa shape index (κ1) is 16.1. The Labute approximate surface area is 137 Å². The molecule has 1 N–H and O–H groups in total. The fourth-order valence-electron chi connectivity index (χ4n) is 2.25. The number of urea groups is 1. The van der Waals surface area contributed by atoms with Crippen LogP contribution in [0.3, 0.4) is 0 Å². The molecule has 0 unspecified atom stereocenters. The molecule has 3 rings (SSSR count). The Morgan fingerprint density at radius 1 is 1.04 bits per heavy atom. The molecule has 0 radical (unpaired) electrons. The second kappa shape index (κ2) is 5.73. The van der Waals surface area contributed by atoms with Crippen LogP contribution in [-0.4, -0.2) is 53.7 Å². The molecule has 1 aromatic carbocycles. The molecule has 2 heterocycles. The van der Waals surface area contributed by atoms with E-state index in [1.165, 1.54) is 24.3 Å². The van der Waals surface area contributed by atoms with Gasteiger partial charge in [0.2, 0.25) is 0 Å². The molecule has 9 nitrogen and oxygen atoms in total. The number of nitrogens with zero attached hydrogens (tertiary/aromatic N) is 4. The van der Waals surface area contributed by atoms with E-state index in [9.17, 15) is 18.0 Å². The second-order valence-electron chi connectivity index (χ2n) is 5.07. The van der Waals surface area contributed by atoms with Gasteiger partial charge in [-0.15, -0.1) is 0 Å². The highest BCUT2D eigenvalue weighted by Gasteiger charge is 2.37. The van der Waals surface area contributed by atoms with Gasteiger partial charge in [0.25, 0.3) is 16.0 Å². The predicted octanol–water partition coefficient (Wildman–Crippen LogP) is 0.905. The number of fused-ring (bicyclic) bond motifs is 1. The van der Waals surface area contributed by atoms with E-state index >= 15 is 0 Å². The number of amides is 3. The summed E-state index contributed by atoms with van der Waals surface area (Å²) in [5, 5.41) is 0. The summed E-state index contributed by atoms with van der Waals surface area (Å²) in [5.41, 5.74) is 0.409. The second-order valence-corrected chi connectivity index (χ2v) is 6.49. The van der Waals surface area contributed by atoms with Gasteiger partial charge >= 0.3 is 6.03 Å². The zero-order valence-corrected chi connectivity index (χ0v) is 13.3. The quantitative estimate of drug-likeness (QED) is 0.808. The minimum absolute atomic E-state index is 0.0168. The fraction of sp³-hybridized carbons (Fsp3) is 0.214. The number of hydrogen-bond acceptors (Lipinski definition) is 6. The third kappa shape index (κ3) is 2.76. The number of imide groups is 1. The topological polar surface area (TPSA) is 129 Å². The average molecular weight is 348 g/mol. The molecule has 3 amide bonds. The molecule has 0 aliphatic carbocycles. The number of carbonyl (C=O) groups is 2. The molecule has 2 aliphatic heterocycles. The minimum atomic E-state index is -4.30. The molecular weight excluding hydrogens is 336 g/mol. The van der Waals surface area contributed by atoms with E-state index < -0.39 is 22.1 Å². The van der Waals surface area contributed by atoms with Crippen LogP contribution >= 0.6 is 0 Å². The Morgan fingerprint density at radius 2 is 1.71 bits per heavy atom. The molecular formula is C14H12N4O5S. The van der Waals surface area contributed by atoms with Gasteiger partial charge in [0.1, 0.15) is 0 Å². The Bertz CT molecular complexity index is 928. The van der Waals surface area contributed by atoms with Crippen LogP contribution in [0.5, 0.6) is 0 Å². The van der Waals surface area contributed by atoms with Gasteiger partial charge in [0, 0.05) is 12.1 Å². The van der Waals surface area contributed by atoms with Crippen molar-refractivity contribution in [2.45, 2.75) is 18.2 Å². The SMILES string of the molecule is CCCN1C(=O)N=C2N=C(c3ccc(S(=O)(=O)O)cc3)N=C2C1=O. The van der Waals surface area contributed by atoms with Gasteiger partial charge in [-0.3, -0.25) is 14.2 Å². The zero-order chi connectivity index (χ0) is 17.5. The van der Waals surface area contributed by atoms with Crippen molar-refractivity contribution < 1.29 is 22.6 Å². The van der Waals surface area contributed by atoms with Crippen molar-refractivity contribution in [2.24, 2.45) is 15.0 Å². The van der Waals surface area contributed by atoms with Gasteiger partial charge in [-0.25, -0.2) is 14.8 Å². The Morgan fingerprint density at radius 3 is 2.29 bits per heavy atom. The summed E-state index contributed by atoms with van der Waals surface area (Å²) in [6.07, 6.45) is 0.598. The van der Waals surface area contributed by atoms with Crippen LogP contribution in [0.25, 0.3) is 0 Å². The number of rotatable bonds is 4. The maximum absolute atomic E-state index is 12.3. The van der Waals surface area contributed by atoms with Crippen LogP contribution in [0.15, 0.2) is 44.1 Å². The van der Waals surface area contributed by atoms with Gasteiger partial charge < -0.3 is 0 Å². The van der Waals surface area contributed by atoms with Gasteiger partial charge in [0.05, 0.1) is 4.90 Å². The summed E-state index contributed by atoms with van der Waals surface area (Å²) in [6, 6.07) is 4.48. The summed E-state index contributed by atoms with van der Waals surface area (Å²) in [4.78, 5) is 36.8. The highest BCUT2D eigenvalue weighted by molar-refractivity contribution is 7.85. The smallest absolute Gasteiger partial charge is 0.282 e. The number of aliphatic imine (C=N–C) groups is 3. The lowest BCUT2D eigenvalue weighted by Gasteiger charge is -2.20. The van der Waals surface area contributed by atoms with Crippen molar-refractivity contribution in [1.82, 2.24) is 4.90 Å². The monoisotopic (exact) mass is 348 g/mol. The normalized spacial score (nSPS) is 17.4. The van der Waals surface area contributed by atoms with Crippen molar-refractivity contribution in [3.8, 4) is 0 Å². The van der Waals surface area contributed by atoms with E-state index in [0.717, 1.165) is 4.90 Å². The molecule has 0 bridgehead atoms. The van der Waals surface area contributed by atoms with E-state index in [2.05, 4.69) is 15.0 Å². The third-order valence-corrected chi connectivity index (χ3v) is 4.25. The third-order valence-electron chi connectivity index (χ3n) is 3.38. The molecule has 0 saturated heterocycles. The molecule has 0 saturated carbocycles. The van der Waals surface area contributed by atoms with Crippen molar-refractivity contribution in [2.75, 3.05) is 6.54 Å². The molecule has 0 fully saturated rings. The van der Waals surface area contributed by atoms with E-state index in [4.69, 9.17) is 4.55 Å². The Balaban J connectivity index is 1.95. The number of carbonyl (C=O) groups excluding carboxylic acids is 2. The van der Waals surface area contributed by atoms with Crippen LogP contribution in [-0.2, 0) is 14.9 Å². The molecule has 0 atom stereocenters. The maximum atomic E-state index is 12.3. The summed E-state index contributed by atoms with van der Waals surface area (Å²) in [7, 11) is -4.30. The van der Waals surface area contributed by atoms with Crippen LogP contribution in [0.2, 0.25) is 0 Å². The average Bonchev–Trinajstić information content (AvgIpc) is 2.95. The molecule has 0 aromatic heterocycles. The van der Waals surface area contributed by atoms with E-state index in [0.29, 0.717) is 12.0 Å². The van der Waals surface area contributed by atoms with Crippen molar-refractivity contribution in [3.05, 3.63) is 29.8 Å². The Hall–Kier alpha value is -2.72. The van der Waals surface area contributed by atoms with Gasteiger partial charge in [-0.2, -0.15) is 13.4 Å². The summed E-state index contributed by atoms with van der Waals surface area (Å²) in [6.45, 7) is 2.07. The van der Waals surface area contributed by atoms with Crippen LogP contribution < -0.4 is 0 Å². The standard InChI is InChI=1S/C14H12N4O5S/c1-2-7-18-13(19)10-12(17-14(18)20)16-11(15-10)8-3-5-9(6-4-8)24(21,22)23/h3-6H,2,7H2,1H3,(H,21,22,23). The van der Waals surface area contributed by atoms with E-state index in [1.54, 1.807) is 0 Å². The van der Waals surface area contributed by atoms with Gasteiger partial charge in [-0.05, 0) is 30.7 Å². The predicted molar refractivity (Wildman–Crippen MR) is 85.1 cm³/mol. The largest absolute Gasteiger partial charge is 0.352 e. The summed E-state index contributed by atoms with van der Waals surface area (Å²) in [5.74, 6) is -0.462. The van der Waals surface area contributed by atoms with Crippen LogP contribution in [0, 0.1) is 0 Å². The van der Waals surface area contributed by atoms with Crippen LogP contribution in [0.4, 0.5) is 4.79 Å². The number of benzene rings is 1. The van der Waals surface area contributed by atoms with Crippen molar-refractivity contribution in [1.29, 1.82) is 0 Å². The lowest BCUT2D eigenvalue weighted by molar-refractivity contribution is -0.121. The van der Waals surface area contributed by atoms with Gasteiger partial charge in [-0.1, -0.05) is 6.92 Å². The van der Waals surface area contributed by atoms with Crippen molar-refractivity contribution >= 4 is 39.4 Å². The first-order valence-electron chi connectivity index (χ1n) is 7.01. The molecule has 10 heteroatoms. The van der Waals surface area contributed by atoms with Crippen LogP contribution in [0.1, 0.15) is 18.9 Å². The minimum Gasteiger partial charge on any atom is -0.282 e. The highest BCUT2D eigenvalue weighted by atomic mass is 32.2. The molecule has 124 valence electrons. The first-order chi connectivity index (χ1) is 11.3. The summed E-state index contributed by atoms with van der Waals surface area (Å²) >= 11 is 0. The fourth-order valence-corrected chi connectivity index (χ4v) is 2.73. The first-order valence-corrected chi connectivity index (χ1v) is 8.45. The maximum Gasteiger partial charge on any atom is 0.352 e. The molecule has 0 spiro atoms. The summed E-state index contributed by atoms with van der Waals surface area (Å²) < 4.78 is 31.0. The highest BCUT2D eigenvalue weighted by Crippen LogP contribution is 2.17. The lowest BCUT2D eigenvalue weighted by Crippen LogP contribution is -2.46. The number of amidine groups is 2. The van der Waals surface area contributed by atoms with Gasteiger partial charge in [0.15, 0.2) is 17.4 Å². The van der Waals surface area contributed by atoms with E-state index in [-0.39, 0.29) is 28.8 Å². The van der Waals surface area contributed by atoms with Crippen molar-refractivity contribution in [3.63, 3.8) is 0 Å². The Kier molecular flexibility index (Phi) is 3.85. The molecule has 1 aromatic rings. The lowest BCUT2D eigenvalue weighted by atomic mass is 10.2. The molecule has 24 heavy (non-hydrogen) atoms.